The molecule has 1 rings (SSSR count). The highest BCUT2D eigenvalue weighted by molar-refractivity contribution is 7.91. The van der Waals surface area contributed by atoms with E-state index in [1.54, 1.807) is 0 Å². The zero-order valence-corrected chi connectivity index (χ0v) is 12.1. The smallest absolute Gasteiger partial charge is 0.151 e. The van der Waals surface area contributed by atoms with Crippen molar-refractivity contribution in [3.05, 3.63) is 0 Å². The fourth-order valence-corrected chi connectivity index (χ4v) is 3.86. The summed E-state index contributed by atoms with van der Waals surface area (Å²) in [5, 5.41) is 3.45. The van der Waals surface area contributed by atoms with Gasteiger partial charge in [-0.15, -0.1) is 0 Å². The van der Waals surface area contributed by atoms with Crippen molar-refractivity contribution in [2.24, 2.45) is 5.92 Å². The van der Waals surface area contributed by atoms with Gasteiger partial charge in [0.2, 0.25) is 0 Å². The normalized spacial score (nSPS) is 26.7. The number of hydrogen-bond donors (Lipinski definition) is 1. The van der Waals surface area contributed by atoms with E-state index in [0.29, 0.717) is 30.0 Å². The van der Waals surface area contributed by atoms with E-state index in [2.05, 4.69) is 12.2 Å². The van der Waals surface area contributed by atoms with Gasteiger partial charge in [-0.3, -0.25) is 0 Å². The first-order valence-corrected chi connectivity index (χ1v) is 8.81. The molecule has 102 valence electrons. The molecule has 0 amide bonds. The molecule has 0 radical (unpaired) electrons. The Labute approximate surface area is 106 Å². The quantitative estimate of drug-likeness (QED) is 0.747. The molecule has 0 spiro atoms. The van der Waals surface area contributed by atoms with E-state index >= 15 is 0 Å². The second-order valence-electron chi connectivity index (χ2n) is 5.33. The van der Waals surface area contributed by atoms with Gasteiger partial charge in [0.1, 0.15) is 0 Å². The minimum atomic E-state index is -2.82. The van der Waals surface area contributed by atoms with E-state index < -0.39 is 9.84 Å². The van der Waals surface area contributed by atoms with Crippen LogP contribution in [0.3, 0.4) is 0 Å². The fraction of sp³-hybridized carbons (Fsp3) is 1.00. The van der Waals surface area contributed by atoms with Crippen LogP contribution in [0.4, 0.5) is 0 Å². The topological polar surface area (TPSA) is 46.2 Å². The summed E-state index contributed by atoms with van der Waals surface area (Å²) in [6.07, 6.45) is 7.14. The van der Waals surface area contributed by atoms with E-state index in [9.17, 15) is 8.42 Å². The third-order valence-electron chi connectivity index (χ3n) is 3.70. The standard InChI is InChI=1S/C13H27NO2S/c1-3-10-17(15,16)11-9-14-13-8-6-4-5-7-12(13)2/h12-14H,3-11H2,1-2H3. The van der Waals surface area contributed by atoms with Gasteiger partial charge in [0, 0.05) is 18.3 Å². The molecule has 1 saturated carbocycles. The predicted octanol–water partition coefficient (Wildman–Crippen LogP) is 2.37. The van der Waals surface area contributed by atoms with E-state index in [1.807, 2.05) is 6.92 Å². The molecule has 1 aliphatic rings. The zero-order chi connectivity index (χ0) is 12.7. The van der Waals surface area contributed by atoms with Crippen LogP contribution in [0.5, 0.6) is 0 Å². The van der Waals surface area contributed by atoms with Crippen molar-refractivity contribution in [3.8, 4) is 0 Å². The molecule has 0 aromatic rings. The van der Waals surface area contributed by atoms with Crippen molar-refractivity contribution in [2.75, 3.05) is 18.1 Å². The fourth-order valence-electron chi connectivity index (χ4n) is 2.61. The largest absolute Gasteiger partial charge is 0.313 e. The minimum absolute atomic E-state index is 0.296. The Morgan fingerprint density at radius 2 is 1.82 bits per heavy atom. The zero-order valence-electron chi connectivity index (χ0n) is 11.2. The Morgan fingerprint density at radius 1 is 1.12 bits per heavy atom. The Hall–Kier alpha value is -0.0900. The van der Waals surface area contributed by atoms with Crippen LogP contribution in [-0.2, 0) is 9.84 Å². The lowest BCUT2D eigenvalue weighted by Crippen LogP contribution is -2.37. The molecule has 3 nitrogen and oxygen atoms in total. The van der Waals surface area contributed by atoms with Crippen LogP contribution in [0.15, 0.2) is 0 Å². The lowest BCUT2D eigenvalue weighted by molar-refractivity contribution is 0.364. The van der Waals surface area contributed by atoms with Crippen LogP contribution in [0.2, 0.25) is 0 Å². The summed E-state index contributed by atoms with van der Waals surface area (Å²) in [6, 6.07) is 0.523. The first-order chi connectivity index (χ1) is 8.05. The van der Waals surface area contributed by atoms with Crippen LogP contribution in [-0.4, -0.2) is 32.5 Å². The molecule has 1 N–H and O–H groups in total. The van der Waals surface area contributed by atoms with Gasteiger partial charge < -0.3 is 5.32 Å². The minimum Gasteiger partial charge on any atom is -0.313 e. The summed E-state index contributed by atoms with van der Waals surface area (Å²) in [5.74, 6) is 1.31. The van der Waals surface area contributed by atoms with E-state index in [4.69, 9.17) is 0 Å². The highest BCUT2D eigenvalue weighted by atomic mass is 32.2. The first-order valence-electron chi connectivity index (χ1n) is 6.99. The molecule has 2 atom stereocenters. The number of hydrogen-bond acceptors (Lipinski definition) is 3. The van der Waals surface area contributed by atoms with Gasteiger partial charge in [-0.2, -0.15) is 0 Å². The van der Waals surface area contributed by atoms with Crippen LogP contribution in [0, 0.1) is 5.92 Å². The van der Waals surface area contributed by atoms with E-state index in [-0.39, 0.29) is 0 Å². The Bertz CT molecular complexity index is 301. The number of rotatable bonds is 6. The van der Waals surface area contributed by atoms with Crippen LogP contribution in [0.1, 0.15) is 52.4 Å². The molecule has 0 aromatic heterocycles. The van der Waals surface area contributed by atoms with Crippen molar-refractivity contribution >= 4 is 9.84 Å². The molecule has 0 saturated heterocycles. The second kappa shape index (κ2) is 7.37. The Balaban J connectivity index is 2.29. The number of nitrogens with one attached hydrogen (secondary N) is 1. The van der Waals surface area contributed by atoms with Crippen LogP contribution >= 0.6 is 0 Å². The summed E-state index contributed by atoms with van der Waals surface area (Å²) in [6.45, 7) is 4.82. The molecule has 4 heteroatoms. The molecule has 0 bridgehead atoms. The van der Waals surface area contributed by atoms with Gasteiger partial charge >= 0.3 is 0 Å². The molecular weight excluding hydrogens is 234 g/mol. The van der Waals surface area contributed by atoms with Gasteiger partial charge in [-0.05, 0) is 25.2 Å². The first kappa shape index (κ1) is 15.0. The molecule has 17 heavy (non-hydrogen) atoms. The Morgan fingerprint density at radius 3 is 2.53 bits per heavy atom. The SMILES string of the molecule is CCCS(=O)(=O)CCNC1CCCCCC1C. The summed E-state index contributed by atoms with van der Waals surface area (Å²) < 4.78 is 23.2. The van der Waals surface area contributed by atoms with Crippen molar-refractivity contribution in [1.82, 2.24) is 5.32 Å². The third kappa shape index (κ3) is 5.87. The van der Waals surface area contributed by atoms with Crippen molar-refractivity contribution in [1.29, 1.82) is 0 Å². The van der Waals surface area contributed by atoms with Crippen molar-refractivity contribution in [2.45, 2.75) is 58.4 Å². The van der Waals surface area contributed by atoms with Crippen molar-refractivity contribution < 1.29 is 8.42 Å². The molecule has 1 aliphatic carbocycles. The lowest BCUT2D eigenvalue weighted by Gasteiger charge is -2.22. The molecule has 2 unspecified atom stereocenters. The molecule has 0 aliphatic heterocycles. The predicted molar refractivity (Wildman–Crippen MR) is 73.0 cm³/mol. The average Bonchev–Trinajstić information content (AvgIpc) is 2.44. The lowest BCUT2D eigenvalue weighted by atomic mass is 9.97. The maximum Gasteiger partial charge on any atom is 0.151 e. The van der Waals surface area contributed by atoms with Gasteiger partial charge in [0.05, 0.1) is 5.75 Å². The van der Waals surface area contributed by atoms with Gasteiger partial charge in [0.15, 0.2) is 9.84 Å². The molecule has 1 fully saturated rings. The monoisotopic (exact) mass is 261 g/mol. The highest BCUT2D eigenvalue weighted by Gasteiger charge is 2.19. The summed E-state index contributed by atoms with van der Waals surface area (Å²) in [5.41, 5.74) is 0. The van der Waals surface area contributed by atoms with Crippen molar-refractivity contribution in [3.63, 3.8) is 0 Å². The second-order valence-corrected chi connectivity index (χ2v) is 7.63. The van der Waals surface area contributed by atoms with Gasteiger partial charge in [-0.25, -0.2) is 8.42 Å². The molecule has 0 heterocycles. The highest BCUT2D eigenvalue weighted by Crippen LogP contribution is 2.22. The number of sulfone groups is 1. The summed E-state index contributed by atoms with van der Waals surface area (Å²) in [4.78, 5) is 0. The summed E-state index contributed by atoms with van der Waals surface area (Å²) in [7, 11) is -2.82. The van der Waals surface area contributed by atoms with Crippen LogP contribution < -0.4 is 5.32 Å². The third-order valence-corrected chi connectivity index (χ3v) is 5.55. The molecular formula is C13H27NO2S. The maximum atomic E-state index is 11.6. The maximum absolute atomic E-state index is 11.6. The van der Waals surface area contributed by atoms with Gasteiger partial charge in [0.25, 0.3) is 0 Å². The molecule has 0 aromatic carbocycles. The van der Waals surface area contributed by atoms with E-state index in [0.717, 1.165) is 6.42 Å². The van der Waals surface area contributed by atoms with Crippen LogP contribution in [0.25, 0.3) is 0 Å². The van der Waals surface area contributed by atoms with E-state index in [1.165, 1.54) is 32.1 Å². The van der Waals surface area contributed by atoms with Gasteiger partial charge in [-0.1, -0.05) is 33.1 Å². The summed E-state index contributed by atoms with van der Waals surface area (Å²) >= 11 is 0. The Kier molecular flexibility index (Phi) is 6.49. The average molecular weight is 261 g/mol.